The monoisotopic (exact) mass is 669 g/mol. The van der Waals surface area contributed by atoms with Crippen LogP contribution in [0, 0.1) is 0 Å². The average molecular weight is 670 g/mol. The molecular formula is C44H28BN5S. The number of nitrogens with zero attached hydrogens (tertiary/aromatic N) is 5. The van der Waals surface area contributed by atoms with E-state index < -0.39 is 0 Å². The lowest BCUT2D eigenvalue weighted by atomic mass is 9.35. The first-order valence-corrected chi connectivity index (χ1v) is 18.0. The summed E-state index contributed by atoms with van der Waals surface area (Å²) >= 11 is 1.76. The Morgan fingerprint density at radius 3 is 1.55 bits per heavy atom. The maximum Gasteiger partial charge on any atom is 0.252 e. The number of fused-ring (bicyclic) bond motifs is 9. The van der Waals surface area contributed by atoms with Gasteiger partial charge in [0.15, 0.2) is 5.82 Å². The molecular weight excluding hydrogens is 641 g/mol. The van der Waals surface area contributed by atoms with Crippen LogP contribution in [0.1, 0.15) is 0 Å². The highest BCUT2D eigenvalue weighted by atomic mass is 32.1. The van der Waals surface area contributed by atoms with Crippen LogP contribution in [0.2, 0.25) is 0 Å². The van der Waals surface area contributed by atoms with E-state index in [1.54, 1.807) is 17.7 Å². The van der Waals surface area contributed by atoms with Crippen LogP contribution in [-0.2, 0) is 0 Å². The molecule has 11 rings (SSSR count). The van der Waals surface area contributed by atoms with E-state index in [4.69, 9.17) is 9.97 Å². The van der Waals surface area contributed by atoms with Gasteiger partial charge >= 0.3 is 0 Å². The lowest BCUT2D eigenvalue weighted by Gasteiger charge is -2.35. The van der Waals surface area contributed by atoms with Crippen molar-refractivity contribution < 1.29 is 0 Å². The number of rotatable bonds is 4. The summed E-state index contributed by atoms with van der Waals surface area (Å²) in [7, 11) is 0. The van der Waals surface area contributed by atoms with Gasteiger partial charge in [-0.25, -0.2) is 9.97 Å². The smallest absolute Gasteiger partial charge is 0.252 e. The van der Waals surface area contributed by atoms with Gasteiger partial charge in [-0.1, -0.05) is 127 Å². The van der Waals surface area contributed by atoms with Crippen molar-refractivity contribution in [3.63, 3.8) is 0 Å². The van der Waals surface area contributed by atoms with E-state index in [2.05, 4.69) is 178 Å². The molecule has 51 heavy (non-hydrogen) atoms. The number of hydrogen-bond acceptors (Lipinski definition) is 4. The number of benzene rings is 6. The molecule has 10 aromatic rings. The molecule has 0 unspecified atom stereocenters. The van der Waals surface area contributed by atoms with Crippen molar-refractivity contribution in [1.29, 1.82) is 0 Å². The molecule has 5 nitrogen and oxygen atoms in total. The largest absolute Gasteiger partial charge is 0.296 e. The van der Waals surface area contributed by atoms with E-state index in [0.717, 1.165) is 55.5 Å². The zero-order chi connectivity index (χ0) is 33.5. The molecule has 0 radical (unpaired) electrons. The standard InChI is InChI=1S/C44H28BN5S/c1-4-16-29(17-5-1)45-38-32-22-10-13-25-35(32)48(30-18-6-2-7-19-30)43(38)50(42-41-40(46-28-47-42)34-24-12-15-27-37(34)51-41)44-39(45)33-23-11-14-26-36(33)49(44)31-20-8-3-9-21-31/h1-28H. The van der Waals surface area contributed by atoms with Crippen molar-refractivity contribution in [3.05, 3.63) is 170 Å². The second kappa shape index (κ2) is 11.0. The SMILES string of the molecule is c1ccc(B2c3c(n(-c4ccccc4)c4ccccc34)N(c3ncnc4c3sc3ccccc34)c3c2c2ccccc2n3-c2ccccc2)cc1. The molecule has 0 saturated carbocycles. The van der Waals surface area contributed by atoms with Gasteiger partial charge in [0.1, 0.15) is 18.0 Å². The molecule has 6 aromatic carbocycles. The van der Waals surface area contributed by atoms with Crippen molar-refractivity contribution in [2.24, 2.45) is 0 Å². The van der Waals surface area contributed by atoms with Crippen molar-refractivity contribution >= 4 is 94.0 Å². The maximum absolute atomic E-state index is 5.23. The van der Waals surface area contributed by atoms with Crippen LogP contribution in [-0.4, -0.2) is 25.8 Å². The molecule has 0 amide bonds. The van der Waals surface area contributed by atoms with Gasteiger partial charge in [-0.3, -0.25) is 14.0 Å². The fourth-order valence-corrected chi connectivity index (χ4v) is 9.42. The lowest BCUT2D eigenvalue weighted by Crippen LogP contribution is -2.57. The summed E-state index contributed by atoms with van der Waals surface area (Å²) in [5.74, 6) is 3.04. The van der Waals surface area contributed by atoms with Gasteiger partial charge in [0.2, 0.25) is 0 Å². The molecule has 0 aliphatic carbocycles. The Hall–Kier alpha value is -6.44. The molecule has 0 spiro atoms. The number of hydrogen-bond donors (Lipinski definition) is 0. The molecule has 0 bridgehead atoms. The van der Waals surface area contributed by atoms with Crippen molar-refractivity contribution in [2.45, 2.75) is 0 Å². The van der Waals surface area contributed by atoms with Gasteiger partial charge in [-0.05, 0) is 64.2 Å². The van der Waals surface area contributed by atoms with E-state index in [1.165, 1.54) is 31.9 Å². The Kier molecular flexibility index (Phi) is 6.15. The minimum Gasteiger partial charge on any atom is -0.296 e. The summed E-state index contributed by atoms with van der Waals surface area (Å²) in [5.41, 5.74) is 9.25. The minimum atomic E-state index is -0.0584. The third-order valence-electron chi connectivity index (χ3n) is 10.3. The second-order valence-corrected chi connectivity index (χ2v) is 14.1. The highest BCUT2D eigenvalue weighted by molar-refractivity contribution is 7.26. The van der Waals surface area contributed by atoms with Crippen LogP contribution in [0.4, 0.5) is 17.5 Å². The third-order valence-corrected chi connectivity index (χ3v) is 11.4. The van der Waals surface area contributed by atoms with Gasteiger partial charge in [-0.2, -0.15) is 0 Å². The minimum absolute atomic E-state index is 0.0584. The topological polar surface area (TPSA) is 38.9 Å². The van der Waals surface area contributed by atoms with E-state index in [9.17, 15) is 0 Å². The molecule has 5 heterocycles. The normalized spacial score (nSPS) is 12.6. The Balaban J connectivity index is 1.40. The summed E-state index contributed by atoms with van der Waals surface area (Å²) < 4.78 is 7.14. The first kappa shape index (κ1) is 28.4. The molecule has 7 heteroatoms. The highest BCUT2D eigenvalue weighted by Gasteiger charge is 2.45. The lowest BCUT2D eigenvalue weighted by molar-refractivity contribution is 1.01. The number of anilines is 3. The van der Waals surface area contributed by atoms with E-state index in [0.29, 0.717) is 0 Å². The highest BCUT2D eigenvalue weighted by Crippen LogP contribution is 2.47. The van der Waals surface area contributed by atoms with Gasteiger partial charge in [0.25, 0.3) is 6.71 Å². The van der Waals surface area contributed by atoms with Gasteiger partial charge < -0.3 is 0 Å². The van der Waals surface area contributed by atoms with E-state index >= 15 is 0 Å². The summed E-state index contributed by atoms with van der Waals surface area (Å²) in [6.45, 7) is -0.0584. The molecule has 0 atom stereocenters. The van der Waals surface area contributed by atoms with Crippen LogP contribution < -0.4 is 21.3 Å². The number of thiophene rings is 1. The average Bonchev–Trinajstić information content (AvgIpc) is 3.86. The number of aromatic nitrogens is 4. The zero-order valence-corrected chi connectivity index (χ0v) is 28.2. The van der Waals surface area contributed by atoms with E-state index in [1.807, 2.05) is 0 Å². The third kappa shape index (κ3) is 4.04. The first-order chi connectivity index (χ1) is 25.4. The molecule has 238 valence electrons. The Bertz CT molecular complexity index is 2800. The predicted molar refractivity (Wildman–Crippen MR) is 214 cm³/mol. The summed E-state index contributed by atoms with van der Waals surface area (Å²) in [6, 6.07) is 58.8. The van der Waals surface area contributed by atoms with Gasteiger partial charge in [-0.15, -0.1) is 11.3 Å². The van der Waals surface area contributed by atoms with Crippen molar-refractivity contribution in [2.75, 3.05) is 4.90 Å². The fourth-order valence-electron chi connectivity index (χ4n) is 8.28. The summed E-state index contributed by atoms with van der Waals surface area (Å²) in [5, 5.41) is 3.59. The maximum atomic E-state index is 5.23. The van der Waals surface area contributed by atoms with Crippen molar-refractivity contribution in [1.82, 2.24) is 19.1 Å². The Labute approximate surface area is 298 Å². The molecule has 4 aromatic heterocycles. The Morgan fingerprint density at radius 1 is 0.471 bits per heavy atom. The molecule has 1 aliphatic rings. The first-order valence-electron chi connectivity index (χ1n) is 17.2. The van der Waals surface area contributed by atoms with Crippen LogP contribution in [0.5, 0.6) is 0 Å². The van der Waals surface area contributed by atoms with Crippen molar-refractivity contribution in [3.8, 4) is 11.4 Å². The quantitative estimate of drug-likeness (QED) is 0.176. The predicted octanol–water partition coefficient (Wildman–Crippen LogP) is 9.03. The fraction of sp³-hybridized carbons (Fsp3) is 0. The number of para-hydroxylation sites is 4. The van der Waals surface area contributed by atoms with Crippen LogP contribution in [0.15, 0.2) is 170 Å². The van der Waals surface area contributed by atoms with E-state index in [-0.39, 0.29) is 6.71 Å². The van der Waals surface area contributed by atoms with Gasteiger partial charge in [0, 0.05) is 21.5 Å². The summed E-state index contributed by atoms with van der Waals surface area (Å²) in [6.07, 6.45) is 1.74. The molecule has 0 N–H and O–H groups in total. The molecule has 0 fully saturated rings. The van der Waals surface area contributed by atoms with Crippen LogP contribution in [0.3, 0.4) is 0 Å². The zero-order valence-electron chi connectivity index (χ0n) is 27.4. The van der Waals surface area contributed by atoms with Crippen LogP contribution >= 0.6 is 11.3 Å². The Morgan fingerprint density at radius 2 is 0.961 bits per heavy atom. The second-order valence-electron chi connectivity index (χ2n) is 13.0. The molecule has 0 saturated heterocycles. The summed E-state index contributed by atoms with van der Waals surface area (Å²) in [4.78, 5) is 12.6. The molecule has 1 aliphatic heterocycles. The van der Waals surface area contributed by atoms with Gasteiger partial charge in [0.05, 0.1) is 21.3 Å². The van der Waals surface area contributed by atoms with Crippen LogP contribution in [0.25, 0.3) is 53.5 Å².